The molecule has 0 heterocycles. The number of anilines is 2. The first-order valence-corrected chi connectivity index (χ1v) is 8.87. The second-order valence-corrected chi connectivity index (χ2v) is 7.06. The van der Waals surface area contributed by atoms with Crippen molar-refractivity contribution in [1.29, 1.82) is 0 Å². The molecule has 1 amide bonds. The summed E-state index contributed by atoms with van der Waals surface area (Å²) in [5.74, 6) is -0.963. The number of rotatable bonds is 5. The quantitative estimate of drug-likeness (QED) is 0.774. The van der Waals surface area contributed by atoms with Gasteiger partial charge in [0, 0.05) is 12.6 Å². The van der Waals surface area contributed by atoms with E-state index in [0.29, 0.717) is 5.69 Å². The van der Waals surface area contributed by atoms with Crippen LogP contribution in [0.3, 0.4) is 0 Å². The van der Waals surface area contributed by atoms with Crippen LogP contribution in [0.15, 0.2) is 47.4 Å². The molecule has 7 nitrogen and oxygen atoms in total. The molecule has 0 aliphatic carbocycles. The first-order valence-electron chi connectivity index (χ1n) is 7.01. The lowest BCUT2D eigenvalue weighted by Gasteiger charge is -2.12. The Balaban J connectivity index is 2.36. The summed E-state index contributed by atoms with van der Waals surface area (Å²) < 4.78 is 32.1. The third kappa shape index (κ3) is 4.71. The molecule has 0 spiro atoms. The SMILES string of the molecule is COC(=O)c1ccc(Cl)c(S(=O)(=O)Nc2cccc(NC(C)=O)c2)c1. The summed E-state index contributed by atoms with van der Waals surface area (Å²) in [5, 5.41) is 2.51. The predicted octanol–water partition coefficient (Wildman–Crippen LogP) is 2.89. The molecule has 0 saturated heterocycles. The molecular formula is C16H15ClN2O5S. The van der Waals surface area contributed by atoms with Crippen LogP contribution in [0, 0.1) is 0 Å². The van der Waals surface area contributed by atoms with Gasteiger partial charge in [0.1, 0.15) is 4.90 Å². The number of benzene rings is 2. The minimum atomic E-state index is -4.06. The van der Waals surface area contributed by atoms with Gasteiger partial charge in [-0.1, -0.05) is 17.7 Å². The molecule has 0 saturated carbocycles. The molecule has 2 rings (SSSR count). The van der Waals surface area contributed by atoms with Gasteiger partial charge in [-0.25, -0.2) is 13.2 Å². The third-order valence-corrected chi connectivity index (χ3v) is 4.94. The van der Waals surface area contributed by atoms with Crippen LogP contribution in [0.5, 0.6) is 0 Å². The molecule has 0 fully saturated rings. The zero-order chi connectivity index (χ0) is 18.6. The molecule has 0 bridgehead atoms. The van der Waals surface area contributed by atoms with Gasteiger partial charge in [-0.2, -0.15) is 0 Å². The second-order valence-electron chi connectivity index (χ2n) is 5.00. The van der Waals surface area contributed by atoms with Crippen LogP contribution >= 0.6 is 11.6 Å². The van der Waals surface area contributed by atoms with Crippen LogP contribution in [-0.2, 0) is 19.6 Å². The fourth-order valence-electron chi connectivity index (χ4n) is 2.03. The highest BCUT2D eigenvalue weighted by Crippen LogP contribution is 2.26. The Bertz CT molecular complexity index is 928. The summed E-state index contributed by atoms with van der Waals surface area (Å²) in [6, 6.07) is 9.96. The Labute approximate surface area is 150 Å². The summed E-state index contributed by atoms with van der Waals surface area (Å²) in [7, 11) is -2.86. The van der Waals surface area contributed by atoms with E-state index in [2.05, 4.69) is 14.8 Å². The maximum Gasteiger partial charge on any atom is 0.337 e. The van der Waals surface area contributed by atoms with Gasteiger partial charge >= 0.3 is 5.97 Å². The lowest BCUT2D eigenvalue weighted by Crippen LogP contribution is -2.15. The Morgan fingerprint density at radius 3 is 2.40 bits per heavy atom. The van der Waals surface area contributed by atoms with Crippen molar-refractivity contribution in [2.45, 2.75) is 11.8 Å². The van der Waals surface area contributed by atoms with Gasteiger partial charge in [-0.3, -0.25) is 9.52 Å². The Morgan fingerprint density at radius 2 is 1.76 bits per heavy atom. The molecule has 132 valence electrons. The number of hydrogen-bond acceptors (Lipinski definition) is 5. The van der Waals surface area contributed by atoms with E-state index in [1.165, 1.54) is 38.3 Å². The van der Waals surface area contributed by atoms with E-state index < -0.39 is 16.0 Å². The number of hydrogen-bond donors (Lipinski definition) is 2. The summed E-state index contributed by atoms with van der Waals surface area (Å²) in [6.07, 6.45) is 0. The maximum absolute atomic E-state index is 12.6. The van der Waals surface area contributed by atoms with Crippen LogP contribution in [-0.4, -0.2) is 27.4 Å². The minimum absolute atomic E-state index is 0.0434. The molecule has 25 heavy (non-hydrogen) atoms. The lowest BCUT2D eigenvalue weighted by molar-refractivity contribution is -0.114. The number of ether oxygens (including phenoxy) is 1. The number of esters is 1. The van der Waals surface area contributed by atoms with Crippen molar-refractivity contribution in [3.8, 4) is 0 Å². The second kappa shape index (κ2) is 7.54. The van der Waals surface area contributed by atoms with E-state index in [9.17, 15) is 18.0 Å². The highest BCUT2D eigenvalue weighted by molar-refractivity contribution is 7.92. The van der Waals surface area contributed by atoms with Crippen LogP contribution in [0.25, 0.3) is 0 Å². The van der Waals surface area contributed by atoms with Gasteiger partial charge in [0.2, 0.25) is 5.91 Å². The summed E-state index contributed by atoms with van der Waals surface area (Å²) >= 11 is 5.97. The first kappa shape index (κ1) is 18.8. The van der Waals surface area contributed by atoms with Crippen LogP contribution in [0.2, 0.25) is 5.02 Å². The zero-order valence-electron chi connectivity index (χ0n) is 13.4. The van der Waals surface area contributed by atoms with Gasteiger partial charge in [0.05, 0.1) is 23.4 Å². The topological polar surface area (TPSA) is 102 Å². The fraction of sp³-hybridized carbons (Fsp3) is 0.125. The number of halogens is 1. The molecule has 2 aromatic rings. The lowest BCUT2D eigenvalue weighted by atomic mass is 10.2. The summed E-state index contributed by atoms with van der Waals surface area (Å²) in [5.41, 5.74) is 0.715. The van der Waals surface area contributed by atoms with Crippen molar-refractivity contribution < 1.29 is 22.7 Å². The van der Waals surface area contributed by atoms with Crippen molar-refractivity contribution in [2.75, 3.05) is 17.1 Å². The van der Waals surface area contributed by atoms with Crippen molar-refractivity contribution in [3.63, 3.8) is 0 Å². The van der Waals surface area contributed by atoms with Crippen molar-refractivity contribution >= 4 is 44.9 Å². The largest absolute Gasteiger partial charge is 0.465 e. The van der Waals surface area contributed by atoms with E-state index in [0.717, 1.165) is 6.07 Å². The molecule has 2 aromatic carbocycles. The number of sulfonamides is 1. The molecule has 0 unspecified atom stereocenters. The normalized spacial score (nSPS) is 10.8. The summed E-state index contributed by atoms with van der Waals surface area (Å²) in [6.45, 7) is 1.34. The molecular weight excluding hydrogens is 368 g/mol. The van der Waals surface area contributed by atoms with Crippen LogP contribution in [0.1, 0.15) is 17.3 Å². The first-order chi connectivity index (χ1) is 11.7. The number of nitrogens with one attached hydrogen (secondary N) is 2. The van der Waals surface area contributed by atoms with E-state index in [4.69, 9.17) is 11.6 Å². The smallest absolute Gasteiger partial charge is 0.337 e. The Hall–Kier alpha value is -2.58. The summed E-state index contributed by atoms with van der Waals surface area (Å²) in [4.78, 5) is 22.4. The molecule has 9 heteroatoms. The number of methoxy groups -OCH3 is 1. The molecule has 0 atom stereocenters. The number of amides is 1. The van der Waals surface area contributed by atoms with Crippen LogP contribution in [0.4, 0.5) is 11.4 Å². The van der Waals surface area contributed by atoms with Gasteiger partial charge in [-0.15, -0.1) is 0 Å². The predicted molar refractivity (Wildman–Crippen MR) is 94.3 cm³/mol. The van der Waals surface area contributed by atoms with Crippen molar-refractivity contribution in [1.82, 2.24) is 0 Å². The Morgan fingerprint density at radius 1 is 1.08 bits per heavy atom. The molecule has 0 aromatic heterocycles. The van der Waals surface area contributed by atoms with Gasteiger partial charge in [-0.05, 0) is 36.4 Å². The zero-order valence-corrected chi connectivity index (χ0v) is 14.9. The highest BCUT2D eigenvalue weighted by Gasteiger charge is 2.21. The van der Waals surface area contributed by atoms with Crippen molar-refractivity contribution in [3.05, 3.63) is 53.1 Å². The van der Waals surface area contributed by atoms with Crippen molar-refractivity contribution in [2.24, 2.45) is 0 Å². The number of carbonyl (C=O) groups is 2. The average molecular weight is 383 g/mol. The van der Waals surface area contributed by atoms with E-state index in [1.54, 1.807) is 12.1 Å². The third-order valence-electron chi connectivity index (χ3n) is 3.08. The molecule has 0 radical (unpaired) electrons. The fourth-order valence-corrected chi connectivity index (χ4v) is 3.60. The van der Waals surface area contributed by atoms with Gasteiger partial charge in [0.15, 0.2) is 0 Å². The molecule has 0 aliphatic rings. The Kier molecular flexibility index (Phi) is 5.66. The average Bonchev–Trinajstić information content (AvgIpc) is 2.53. The molecule has 2 N–H and O–H groups in total. The standard InChI is InChI=1S/C16H15ClN2O5S/c1-10(20)18-12-4-3-5-13(9-12)19-25(22,23)15-8-11(16(21)24-2)6-7-14(15)17/h3-9,19H,1-2H3,(H,18,20). The maximum atomic E-state index is 12.6. The van der Waals surface area contributed by atoms with E-state index >= 15 is 0 Å². The molecule has 0 aliphatic heterocycles. The van der Waals surface area contributed by atoms with Crippen LogP contribution < -0.4 is 10.0 Å². The highest BCUT2D eigenvalue weighted by atomic mass is 35.5. The monoisotopic (exact) mass is 382 g/mol. The van der Waals surface area contributed by atoms with E-state index in [1.807, 2.05) is 0 Å². The van der Waals surface area contributed by atoms with Gasteiger partial charge < -0.3 is 10.1 Å². The number of carbonyl (C=O) groups excluding carboxylic acids is 2. The van der Waals surface area contributed by atoms with E-state index in [-0.39, 0.29) is 27.1 Å². The van der Waals surface area contributed by atoms with Gasteiger partial charge in [0.25, 0.3) is 10.0 Å². The minimum Gasteiger partial charge on any atom is -0.465 e.